The first-order valence-electron chi connectivity index (χ1n) is 4.75. The van der Waals surface area contributed by atoms with E-state index in [1.165, 1.54) is 13.0 Å². The van der Waals surface area contributed by atoms with Crippen LogP contribution in [0.3, 0.4) is 0 Å². The molecule has 1 aromatic rings. The molecule has 0 bridgehead atoms. The highest BCUT2D eigenvalue weighted by atomic mass is 19.1. The molecule has 17 heavy (non-hydrogen) atoms. The number of esters is 2. The lowest BCUT2D eigenvalue weighted by molar-refractivity contribution is -0.144. The minimum absolute atomic E-state index is 0.231. The maximum Gasteiger partial charge on any atom is 0.344 e. The van der Waals surface area contributed by atoms with E-state index >= 15 is 0 Å². The van der Waals surface area contributed by atoms with E-state index in [1.54, 1.807) is 0 Å². The molecule has 0 radical (unpaired) electrons. The third-order valence-electron chi connectivity index (χ3n) is 2.05. The summed E-state index contributed by atoms with van der Waals surface area (Å²) in [6.45, 7) is 0.908. The Bertz CT molecular complexity index is 459. The topological polar surface area (TPSA) is 78.6 Å². The van der Waals surface area contributed by atoms with E-state index in [4.69, 9.17) is 5.73 Å². The average molecular weight is 241 g/mol. The number of aryl methyl sites for hydroxylation is 1. The first-order chi connectivity index (χ1) is 7.95. The molecule has 0 saturated heterocycles. The Hall–Kier alpha value is -2.11. The Balaban J connectivity index is 2.86. The van der Waals surface area contributed by atoms with Crippen molar-refractivity contribution >= 4 is 17.6 Å². The molecular formula is C11H12FNO4. The zero-order chi connectivity index (χ0) is 13.0. The number of hydrogen-bond acceptors (Lipinski definition) is 5. The van der Waals surface area contributed by atoms with Crippen molar-refractivity contribution in [2.75, 3.05) is 19.5 Å². The molecule has 0 aliphatic rings. The lowest BCUT2D eigenvalue weighted by atomic mass is 10.1. The van der Waals surface area contributed by atoms with E-state index in [0.717, 1.165) is 13.2 Å². The van der Waals surface area contributed by atoms with E-state index in [0.29, 0.717) is 0 Å². The van der Waals surface area contributed by atoms with Crippen molar-refractivity contribution in [3.63, 3.8) is 0 Å². The van der Waals surface area contributed by atoms with E-state index in [9.17, 15) is 14.0 Å². The molecule has 0 heterocycles. The highest BCUT2D eigenvalue weighted by Crippen LogP contribution is 2.17. The number of nitrogen functional groups attached to an aromatic ring is 1. The summed E-state index contributed by atoms with van der Waals surface area (Å²) in [7, 11) is 1.15. The molecular weight excluding hydrogens is 229 g/mol. The Kier molecular flexibility index (Phi) is 4.03. The summed E-state index contributed by atoms with van der Waals surface area (Å²) in [6, 6.07) is 2.55. The van der Waals surface area contributed by atoms with Gasteiger partial charge in [-0.3, -0.25) is 0 Å². The fourth-order valence-electron chi connectivity index (χ4n) is 1.21. The molecule has 0 atom stereocenters. The van der Waals surface area contributed by atoms with Gasteiger partial charge in [-0.25, -0.2) is 14.0 Å². The molecule has 0 aliphatic heterocycles. The second-order valence-electron chi connectivity index (χ2n) is 3.35. The SMILES string of the molecule is COC(=O)COC(=O)c1cc(N)cc(C)c1F. The van der Waals surface area contributed by atoms with Crippen LogP contribution in [-0.2, 0) is 14.3 Å². The maximum atomic E-state index is 13.6. The van der Waals surface area contributed by atoms with Gasteiger partial charge in [-0.15, -0.1) is 0 Å². The fraction of sp³-hybridized carbons (Fsp3) is 0.273. The van der Waals surface area contributed by atoms with E-state index in [-0.39, 0.29) is 16.8 Å². The maximum absolute atomic E-state index is 13.6. The van der Waals surface area contributed by atoms with E-state index in [2.05, 4.69) is 9.47 Å². The number of carbonyl (C=O) groups is 2. The average Bonchev–Trinajstić information content (AvgIpc) is 2.30. The Morgan fingerprint density at radius 3 is 2.65 bits per heavy atom. The summed E-state index contributed by atoms with van der Waals surface area (Å²) in [4.78, 5) is 22.2. The molecule has 92 valence electrons. The molecule has 0 aromatic heterocycles. The van der Waals surface area contributed by atoms with E-state index in [1.807, 2.05) is 0 Å². The third kappa shape index (κ3) is 3.17. The number of methoxy groups -OCH3 is 1. The number of hydrogen-bond donors (Lipinski definition) is 1. The smallest absolute Gasteiger partial charge is 0.344 e. The van der Waals surface area contributed by atoms with Gasteiger partial charge in [0.15, 0.2) is 6.61 Å². The van der Waals surface area contributed by atoms with Gasteiger partial charge in [0.25, 0.3) is 0 Å². The second kappa shape index (κ2) is 5.29. The van der Waals surface area contributed by atoms with Crippen LogP contribution in [0.15, 0.2) is 12.1 Å². The summed E-state index contributed by atoms with van der Waals surface area (Å²) in [5.41, 5.74) is 5.66. The Labute approximate surface area is 97.3 Å². The zero-order valence-electron chi connectivity index (χ0n) is 9.45. The Morgan fingerprint density at radius 2 is 2.06 bits per heavy atom. The number of ether oxygens (including phenoxy) is 2. The summed E-state index contributed by atoms with van der Waals surface area (Å²) in [6.07, 6.45) is 0. The lowest BCUT2D eigenvalue weighted by Gasteiger charge is -2.07. The number of nitrogens with two attached hydrogens (primary N) is 1. The zero-order valence-corrected chi connectivity index (χ0v) is 9.45. The third-order valence-corrected chi connectivity index (χ3v) is 2.05. The van der Waals surface area contributed by atoms with Gasteiger partial charge in [-0.1, -0.05) is 0 Å². The summed E-state index contributed by atoms with van der Waals surface area (Å²) in [5, 5.41) is 0. The van der Waals surface area contributed by atoms with Crippen LogP contribution in [0.5, 0.6) is 0 Å². The van der Waals surface area contributed by atoms with Gasteiger partial charge >= 0.3 is 11.9 Å². The van der Waals surface area contributed by atoms with Crippen LogP contribution in [0.1, 0.15) is 15.9 Å². The molecule has 2 N–H and O–H groups in total. The number of benzene rings is 1. The summed E-state index contributed by atoms with van der Waals surface area (Å²) >= 11 is 0. The number of anilines is 1. The molecule has 1 aromatic carbocycles. The molecule has 6 heteroatoms. The van der Waals surface area contributed by atoms with E-state index < -0.39 is 24.4 Å². The minimum atomic E-state index is -0.955. The first kappa shape index (κ1) is 13.0. The predicted molar refractivity (Wildman–Crippen MR) is 57.8 cm³/mol. The van der Waals surface area contributed by atoms with Crippen molar-refractivity contribution in [1.82, 2.24) is 0 Å². The van der Waals surface area contributed by atoms with Crippen molar-refractivity contribution in [3.05, 3.63) is 29.1 Å². The molecule has 1 rings (SSSR count). The van der Waals surface area contributed by atoms with Crippen LogP contribution in [-0.4, -0.2) is 25.7 Å². The summed E-state index contributed by atoms with van der Waals surface area (Å²) < 4.78 is 22.4. The number of carbonyl (C=O) groups excluding carboxylic acids is 2. The van der Waals surface area contributed by atoms with Crippen LogP contribution in [0, 0.1) is 12.7 Å². The van der Waals surface area contributed by atoms with Gasteiger partial charge in [0.05, 0.1) is 12.7 Å². The predicted octanol–water partition coefficient (Wildman–Crippen LogP) is 1.05. The van der Waals surface area contributed by atoms with Gasteiger partial charge < -0.3 is 15.2 Å². The van der Waals surface area contributed by atoms with Crippen molar-refractivity contribution < 1.29 is 23.5 Å². The molecule has 0 amide bonds. The van der Waals surface area contributed by atoms with Crippen molar-refractivity contribution in [3.8, 4) is 0 Å². The highest BCUT2D eigenvalue weighted by Gasteiger charge is 2.17. The molecule has 0 spiro atoms. The molecule has 0 fully saturated rings. The monoisotopic (exact) mass is 241 g/mol. The van der Waals surface area contributed by atoms with Crippen LogP contribution in [0.4, 0.5) is 10.1 Å². The highest BCUT2D eigenvalue weighted by molar-refractivity contribution is 5.92. The minimum Gasteiger partial charge on any atom is -0.466 e. The van der Waals surface area contributed by atoms with Gasteiger partial charge in [-0.2, -0.15) is 0 Å². The standard InChI is InChI=1S/C11H12FNO4/c1-6-3-7(13)4-8(10(6)12)11(15)17-5-9(14)16-2/h3-4H,5,13H2,1-2H3. The lowest BCUT2D eigenvalue weighted by Crippen LogP contribution is -2.16. The van der Waals surface area contributed by atoms with Gasteiger partial charge in [-0.05, 0) is 24.6 Å². The first-order valence-corrected chi connectivity index (χ1v) is 4.75. The molecule has 0 saturated carbocycles. The Morgan fingerprint density at radius 1 is 1.41 bits per heavy atom. The van der Waals surface area contributed by atoms with Crippen LogP contribution in [0.2, 0.25) is 0 Å². The second-order valence-corrected chi connectivity index (χ2v) is 3.35. The quantitative estimate of drug-likeness (QED) is 0.632. The van der Waals surface area contributed by atoms with Gasteiger partial charge in [0.2, 0.25) is 0 Å². The van der Waals surface area contributed by atoms with Gasteiger partial charge in [0, 0.05) is 5.69 Å². The van der Waals surface area contributed by atoms with Crippen LogP contribution < -0.4 is 5.73 Å². The number of halogens is 1. The van der Waals surface area contributed by atoms with Crippen molar-refractivity contribution in [1.29, 1.82) is 0 Å². The summed E-state index contributed by atoms with van der Waals surface area (Å²) in [5.74, 6) is -2.39. The van der Waals surface area contributed by atoms with Crippen molar-refractivity contribution in [2.45, 2.75) is 6.92 Å². The largest absolute Gasteiger partial charge is 0.466 e. The van der Waals surface area contributed by atoms with Crippen LogP contribution in [0.25, 0.3) is 0 Å². The van der Waals surface area contributed by atoms with Crippen molar-refractivity contribution in [2.24, 2.45) is 0 Å². The molecule has 0 aliphatic carbocycles. The fourth-order valence-corrected chi connectivity index (χ4v) is 1.21. The normalized spacial score (nSPS) is 9.82. The van der Waals surface area contributed by atoms with Crippen LogP contribution >= 0.6 is 0 Å². The van der Waals surface area contributed by atoms with Gasteiger partial charge in [0.1, 0.15) is 5.82 Å². The molecule has 0 unspecified atom stereocenters. The number of rotatable bonds is 3. The molecule has 5 nitrogen and oxygen atoms in total.